The Bertz CT molecular complexity index is 470. The van der Waals surface area contributed by atoms with Crippen LogP contribution in [0.2, 0.25) is 0 Å². The lowest BCUT2D eigenvalue weighted by Crippen LogP contribution is -2.38. The number of carbonyl (C=O) groups excluding carboxylic acids is 1. The lowest BCUT2D eigenvalue weighted by Gasteiger charge is -2.32. The molecule has 84 valence electrons. The van der Waals surface area contributed by atoms with Gasteiger partial charge in [-0.25, -0.2) is 9.59 Å². The van der Waals surface area contributed by atoms with Crippen molar-refractivity contribution in [3.05, 3.63) is 29.3 Å². The van der Waals surface area contributed by atoms with Crippen LogP contribution in [0.15, 0.2) is 18.2 Å². The van der Waals surface area contributed by atoms with Crippen LogP contribution >= 0.6 is 0 Å². The van der Waals surface area contributed by atoms with Crippen molar-refractivity contribution in [2.45, 2.75) is 13.0 Å². The standard InChI is InChI=1S/C11H12N2O3/c1-6-8-4-3-7(10(14)15)5-9(8)12-11(16)13(6)2/h3-6H,1-2H3,(H,12,16)(H,14,15)/t6-/m1/s1. The van der Waals surface area contributed by atoms with Crippen LogP contribution < -0.4 is 5.32 Å². The van der Waals surface area contributed by atoms with Gasteiger partial charge in [-0.15, -0.1) is 0 Å². The van der Waals surface area contributed by atoms with Crippen molar-refractivity contribution in [2.75, 3.05) is 12.4 Å². The summed E-state index contributed by atoms with van der Waals surface area (Å²) in [6.45, 7) is 1.90. The Hall–Kier alpha value is -2.04. The maximum absolute atomic E-state index is 11.5. The Kier molecular flexibility index (Phi) is 2.30. The predicted molar refractivity (Wildman–Crippen MR) is 58.6 cm³/mol. The number of hydrogen-bond acceptors (Lipinski definition) is 2. The highest BCUT2D eigenvalue weighted by Gasteiger charge is 2.26. The van der Waals surface area contributed by atoms with Crippen molar-refractivity contribution in [3.63, 3.8) is 0 Å². The van der Waals surface area contributed by atoms with Crippen molar-refractivity contribution in [1.82, 2.24) is 4.90 Å². The molecular weight excluding hydrogens is 208 g/mol. The number of carboxylic acids is 1. The second kappa shape index (κ2) is 3.52. The Balaban J connectivity index is 2.49. The van der Waals surface area contributed by atoms with Crippen LogP contribution in [0.5, 0.6) is 0 Å². The summed E-state index contributed by atoms with van der Waals surface area (Å²) in [7, 11) is 1.70. The lowest BCUT2D eigenvalue weighted by atomic mass is 10.0. The average Bonchev–Trinajstić information content (AvgIpc) is 2.25. The van der Waals surface area contributed by atoms with Crippen molar-refractivity contribution in [3.8, 4) is 0 Å². The van der Waals surface area contributed by atoms with Crippen molar-refractivity contribution in [1.29, 1.82) is 0 Å². The SMILES string of the molecule is C[C@@H]1c2ccc(C(=O)O)cc2NC(=O)N1C. The number of amides is 2. The number of urea groups is 1. The number of fused-ring (bicyclic) bond motifs is 1. The van der Waals surface area contributed by atoms with Gasteiger partial charge in [0.2, 0.25) is 0 Å². The Morgan fingerprint density at radius 1 is 1.50 bits per heavy atom. The van der Waals surface area contributed by atoms with Crippen LogP contribution in [-0.2, 0) is 0 Å². The summed E-state index contributed by atoms with van der Waals surface area (Å²) in [6.07, 6.45) is 0. The molecule has 0 saturated carbocycles. The fourth-order valence-electron chi connectivity index (χ4n) is 1.75. The fraction of sp³-hybridized carbons (Fsp3) is 0.273. The van der Waals surface area contributed by atoms with Crippen LogP contribution in [-0.4, -0.2) is 29.1 Å². The number of rotatable bonds is 1. The predicted octanol–water partition coefficient (Wildman–Crippen LogP) is 1.92. The molecule has 5 heteroatoms. The molecule has 0 aromatic heterocycles. The number of hydrogen-bond donors (Lipinski definition) is 2. The molecule has 0 unspecified atom stereocenters. The number of aromatic carboxylic acids is 1. The zero-order chi connectivity index (χ0) is 11.9. The molecule has 0 fully saturated rings. The van der Waals surface area contributed by atoms with E-state index in [-0.39, 0.29) is 17.6 Å². The minimum atomic E-state index is -0.997. The number of anilines is 1. The maximum Gasteiger partial charge on any atom is 0.335 e. The molecule has 1 heterocycles. The lowest BCUT2D eigenvalue weighted by molar-refractivity contribution is 0.0696. The largest absolute Gasteiger partial charge is 0.478 e. The molecule has 0 bridgehead atoms. The first-order chi connectivity index (χ1) is 7.50. The van der Waals surface area contributed by atoms with Gasteiger partial charge in [-0.1, -0.05) is 6.07 Å². The zero-order valence-corrected chi connectivity index (χ0v) is 9.02. The second-order valence-corrected chi connectivity index (χ2v) is 3.82. The van der Waals surface area contributed by atoms with Crippen LogP contribution in [0.1, 0.15) is 28.9 Å². The van der Waals surface area contributed by atoms with E-state index in [1.807, 2.05) is 6.92 Å². The highest BCUT2D eigenvalue weighted by molar-refractivity contribution is 5.96. The zero-order valence-electron chi connectivity index (χ0n) is 9.02. The minimum absolute atomic E-state index is 0.0494. The van der Waals surface area contributed by atoms with Gasteiger partial charge in [-0.3, -0.25) is 0 Å². The van der Waals surface area contributed by atoms with Crippen LogP contribution in [0.4, 0.5) is 10.5 Å². The van der Waals surface area contributed by atoms with E-state index >= 15 is 0 Å². The van der Waals surface area contributed by atoms with E-state index in [2.05, 4.69) is 5.32 Å². The maximum atomic E-state index is 11.5. The highest BCUT2D eigenvalue weighted by Crippen LogP contribution is 2.32. The first kappa shape index (κ1) is 10.5. The molecule has 1 aliphatic heterocycles. The summed E-state index contributed by atoms with van der Waals surface area (Å²) in [4.78, 5) is 23.9. The summed E-state index contributed by atoms with van der Waals surface area (Å²) in [5.74, 6) is -0.997. The topological polar surface area (TPSA) is 69.6 Å². The first-order valence-electron chi connectivity index (χ1n) is 4.91. The van der Waals surface area contributed by atoms with Crippen molar-refractivity contribution < 1.29 is 14.7 Å². The summed E-state index contributed by atoms with van der Waals surface area (Å²) < 4.78 is 0. The van der Waals surface area contributed by atoms with Crippen LogP contribution in [0, 0.1) is 0 Å². The number of benzene rings is 1. The van der Waals surface area contributed by atoms with E-state index in [9.17, 15) is 9.59 Å². The highest BCUT2D eigenvalue weighted by atomic mass is 16.4. The third-order valence-corrected chi connectivity index (χ3v) is 2.89. The molecule has 1 atom stereocenters. The number of nitrogens with one attached hydrogen (secondary N) is 1. The molecule has 0 spiro atoms. The average molecular weight is 220 g/mol. The van der Waals surface area contributed by atoms with Gasteiger partial charge in [-0.2, -0.15) is 0 Å². The third-order valence-electron chi connectivity index (χ3n) is 2.89. The van der Waals surface area contributed by atoms with Gasteiger partial charge in [0.05, 0.1) is 11.6 Å². The molecule has 2 rings (SSSR count). The molecule has 1 aromatic rings. The quantitative estimate of drug-likeness (QED) is 0.759. The van der Waals surface area contributed by atoms with E-state index in [4.69, 9.17) is 5.11 Å². The number of nitrogens with zero attached hydrogens (tertiary/aromatic N) is 1. The van der Waals surface area contributed by atoms with Gasteiger partial charge in [0.15, 0.2) is 0 Å². The smallest absolute Gasteiger partial charge is 0.335 e. The minimum Gasteiger partial charge on any atom is -0.478 e. The van der Waals surface area contributed by atoms with Crippen molar-refractivity contribution >= 4 is 17.7 Å². The molecule has 16 heavy (non-hydrogen) atoms. The molecule has 1 aliphatic rings. The molecule has 2 amide bonds. The number of carbonyl (C=O) groups is 2. The van der Waals surface area contributed by atoms with Crippen LogP contribution in [0.25, 0.3) is 0 Å². The molecular formula is C11H12N2O3. The normalized spacial score (nSPS) is 19.0. The van der Waals surface area contributed by atoms with Gasteiger partial charge in [0, 0.05) is 12.7 Å². The van der Waals surface area contributed by atoms with E-state index in [1.165, 1.54) is 6.07 Å². The van der Waals surface area contributed by atoms with Gasteiger partial charge in [-0.05, 0) is 24.6 Å². The molecule has 0 radical (unpaired) electrons. The monoisotopic (exact) mass is 220 g/mol. The summed E-state index contributed by atoms with van der Waals surface area (Å²) >= 11 is 0. The number of carboxylic acid groups (broad SMARTS) is 1. The van der Waals surface area contributed by atoms with E-state index in [0.29, 0.717) is 5.69 Å². The fourth-order valence-corrected chi connectivity index (χ4v) is 1.75. The molecule has 1 aromatic carbocycles. The summed E-state index contributed by atoms with van der Waals surface area (Å²) in [5, 5.41) is 11.5. The molecule has 0 aliphatic carbocycles. The molecule has 2 N–H and O–H groups in total. The van der Waals surface area contributed by atoms with Gasteiger partial charge in [0.25, 0.3) is 0 Å². The van der Waals surface area contributed by atoms with Gasteiger partial charge in [0.1, 0.15) is 0 Å². The first-order valence-corrected chi connectivity index (χ1v) is 4.91. The van der Waals surface area contributed by atoms with Crippen molar-refractivity contribution in [2.24, 2.45) is 0 Å². The second-order valence-electron chi connectivity index (χ2n) is 3.82. The van der Waals surface area contributed by atoms with Gasteiger partial charge < -0.3 is 15.3 Å². The van der Waals surface area contributed by atoms with E-state index < -0.39 is 5.97 Å². The Labute approximate surface area is 92.7 Å². The van der Waals surface area contributed by atoms with E-state index in [1.54, 1.807) is 24.1 Å². The summed E-state index contributed by atoms with van der Waals surface area (Å²) in [5.41, 5.74) is 1.68. The van der Waals surface area contributed by atoms with E-state index in [0.717, 1.165) is 5.56 Å². The van der Waals surface area contributed by atoms with Gasteiger partial charge >= 0.3 is 12.0 Å². The van der Waals surface area contributed by atoms with Crippen LogP contribution in [0.3, 0.4) is 0 Å². The third kappa shape index (κ3) is 1.50. The Morgan fingerprint density at radius 2 is 2.19 bits per heavy atom. The molecule has 5 nitrogen and oxygen atoms in total. The Morgan fingerprint density at radius 3 is 2.81 bits per heavy atom. The molecule has 0 saturated heterocycles. The summed E-state index contributed by atoms with van der Waals surface area (Å²) in [6, 6.07) is 4.50.